The number of ether oxygens (including phenoxy) is 1. The molecule has 0 atom stereocenters. The normalized spacial score (nSPS) is 17.4. The van der Waals surface area contributed by atoms with Crippen LogP contribution in [0.5, 0.6) is 0 Å². The summed E-state index contributed by atoms with van der Waals surface area (Å²) in [6.07, 6.45) is 0. The highest BCUT2D eigenvalue weighted by Crippen LogP contribution is 2.23. The molecule has 0 unspecified atom stereocenters. The molecule has 0 N–H and O–H groups in total. The highest BCUT2D eigenvalue weighted by atomic mass is 16.5. The second-order valence-electron chi connectivity index (χ2n) is 5.23. The van der Waals surface area contributed by atoms with Crippen LogP contribution in [0.25, 0.3) is 0 Å². The van der Waals surface area contributed by atoms with Gasteiger partial charge >= 0.3 is 0 Å². The standard InChI is InChI=1S/C13H18N2O2/c1-13(2,3)10-5-4-6-11(14-10)15-7-8-17-9-12(15)16/h4-6H,7-9H2,1-3H3. The summed E-state index contributed by atoms with van der Waals surface area (Å²) >= 11 is 0. The molecular formula is C13H18N2O2. The van der Waals surface area contributed by atoms with Crippen LogP contribution in [0.2, 0.25) is 0 Å². The molecule has 0 aliphatic carbocycles. The Hall–Kier alpha value is -1.42. The Kier molecular flexibility index (Phi) is 3.15. The van der Waals surface area contributed by atoms with E-state index in [4.69, 9.17) is 4.74 Å². The Bertz CT molecular complexity index is 424. The van der Waals surface area contributed by atoms with Crippen molar-refractivity contribution in [2.75, 3.05) is 24.7 Å². The fraction of sp³-hybridized carbons (Fsp3) is 0.538. The maximum atomic E-state index is 11.7. The molecule has 1 amide bonds. The van der Waals surface area contributed by atoms with Crippen molar-refractivity contribution in [2.24, 2.45) is 0 Å². The monoisotopic (exact) mass is 234 g/mol. The van der Waals surface area contributed by atoms with Crippen LogP contribution in [0, 0.1) is 0 Å². The Labute approximate surface area is 102 Å². The molecule has 1 fully saturated rings. The Morgan fingerprint density at radius 1 is 1.35 bits per heavy atom. The van der Waals surface area contributed by atoms with Crippen molar-refractivity contribution in [3.05, 3.63) is 23.9 Å². The zero-order valence-electron chi connectivity index (χ0n) is 10.6. The number of rotatable bonds is 1. The molecule has 4 nitrogen and oxygen atoms in total. The van der Waals surface area contributed by atoms with Gasteiger partial charge in [-0.15, -0.1) is 0 Å². The molecule has 1 aliphatic heterocycles. The molecule has 17 heavy (non-hydrogen) atoms. The highest BCUT2D eigenvalue weighted by Gasteiger charge is 2.23. The minimum atomic E-state index is -0.0187. The van der Waals surface area contributed by atoms with Gasteiger partial charge in [-0.05, 0) is 12.1 Å². The van der Waals surface area contributed by atoms with Gasteiger partial charge in [0.1, 0.15) is 12.4 Å². The van der Waals surface area contributed by atoms with Crippen LogP contribution in [0.4, 0.5) is 5.82 Å². The maximum Gasteiger partial charge on any atom is 0.254 e. The minimum Gasteiger partial charge on any atom is -0.370 e. The van der Waals surface area contributed by atoms with Crippen LogP contribution in [-0.4, -0.2) is 30.6 Å². The molecular weight excluding hydrogens is 216 g/mol. The van der Waals surface area contributed by atoms with E-state index in [-0.39, 0.29) is 17.9 Å². The van der Waals surface area contributed by atoms with Crippen LogP contribution in [0.3, 0.4) is 0 Å². The number of amides is 1. The van der Waals surface area contributed by atoms with E-state index < -0.39 is 0 Å². The summed E-state index contributed by atoms with van der Waals surface area (Å²) in [5.74, 6) is 0.709. The molecule has 1 aromatic heterocycles. The summed E-state index contributed by atoms with van der Waals surface area (Å²) in [6, 6.07) is 5.82. The molecule has 0 radical (unpaired) electrons. The van der Waals surface area contributed by atoms with E-state index in [1.807, 2.05) is 18.2 Å². The van der Waals surface area contributed by atoms with E-state index in [0.29, 0.717) is 13.2 Å². The van der Waals surface area contributed by atoms with E-state index in [1.54, 1.807) is 4.90 Å². The van der Waals surface area contributed by atoms with Gasteiger partial charge in [0.2, 0.25) is 0 Å². The zero-order valence-corrected chi connectivity index (χ0v) is 10.6. The molecule has 0 spiro atoms. The van der Waals surface area contributed by atoms with Crippen LogP contribution < -0.4 is 4.90 Å². The SMILES string of the molecule is CC(C)(C)c1cccc(N2CCOCC2=O)n1. The summed E-state index contributed by atoms with van der Waals surface area (Å²) in [5, 5.41) is 0. The summed E-state index contributed by atoms with van der Waals surface area (Å²) in [6.45, 7) is 7.65. The van der Waals surface area contributed by atoms with Crippen molar-refractivity contribution in [3.8, 4) is 0 Å². The Balaban J connectivity index is 2.29. The van der Waals surface area contributed by atoms with Crippen LogP contribution in [0.15, 0.2) is 18.2 Å². The quantitative estimate of drug-likeness (QED) is 0.743. The topological polar surface area (TPSA) is 42.4 Å². The fourth-order valence-corrected chi connectivity index (χ4v) is 1.75. The average molecular weight is 234 g/mol. The Morgan fingerprint density at radius 3 is 2.76 bits per heavy atom. The summed E-state index contributed by atoms with van der Waals surface area (Å²) < 4.78 is 5.11. The first-order valence-electron chi connectivity index (χ1n) is 5.84. The molecule has 1 aliphatic rings. The van der Waals surface area contributed by atoms with Gasteiger partial charge in [0.15, 0.2) is 0 Å². The van der Waals surface area contributed by atoms with Crippen LogP contribution in [-0.2, 0) is 14.9 Å². The third-order valence-corrected chi connectivity index (χ3v) is 2.77. The van der Waals surface area contributed by atoms with Crippen LogP contribution in [0.1, 0.15) is 26.5 Å². The van der Waals surface area contributed by atoms with Gasteiger partial charge in [0.25, 0.3) is 5.91 Å². The lowest BCUT2D eigenvalue weighted by Gasteiger charge is -2.27. The second-order valence-corrected chi connectivity index (χ2v) is 5.23. The number of carbonyl (C=O) groups is 1. The molecule has 92 valence electrons. The smallest absolute Gasteiger partial charge is 0.254 e. The number of carbonyl (C=O) groups excluding carboxylic acids is 1. The van der Waals surface area contributed by atoms with E-state index in [0.717, 1.165) is 11.5 Å². The van der Waals surface area contributed by atoms with Crippen molar-refractivity contribution in [1.29, 1.82) is 0 Å². The third-order valence-electron chi connectivity index (χ3n) is 2.77. The molecule has 4 heteroatoms. The van der Waals surface area contributed by atoms with Gasteiger partial charge in [-0.3, -0.25) is 9.69 Å². The van der Waals surface area contributed by atoms with E-state index in [2.05, 4.69) is 25.8 Å². The molecule has 2 heterocycles. The lowest BCUT2D eigenvalue weighted by Crippen LogP contribution is -2.42. The number of anilines is 1. The summed E-state index contributed by atoms with van der Waals surface area (Å²) in [5.41, 5.74) is 0.986. The molecule has 2 rings (SSSR count). The predicted molar refractivity (Wildman–Crippen MR) is 66.1 cm³/mol. The van der Waals surface area contributed by atoms with Crippen molar-refractivity contribution >= 4 is 11.7 Å². The first-order valence-corrected chi connectivity index (χ1v) is 5.84. The van der Waals surface area contributed by atoms with Gasteiger partial charge in [-0.25, -0.2) is 4.98 Å². The number of aromatic nitrogens is 1. The second kappa shape index (κ2) is 4.45. The predicted octanol–water partition coefficient (Wildman–Crippen LogP) is 1.74. The molecule has 0 saturated carbocycles. The van der Waals surface area contributed by atoms with Gasteiger partial charge in [-0.1, -0.05) is 26.8 Å². The summed E-state index contributed by atoms with van der Waals surface area (Å²) in [4.78, 5) is 18.0. The number of nitrogens with zero attached hydrogens (tertiary/aromatic N) is 2. The van der Waals surface area contributed by atoms with Gasteiger partial charge < -0.3 is 4.74 Å². The van der Waals surface area contributed by atoms with Gasteiger partial charge in [0.05, 0.1) is 13.2 Å². The number of hydrogen-bond donors (Lipinski definition) is 0. The van der Waals surface area contributed by atoms with E-state index in [1.165, 1.54) is 0 Å². The molecule has 1 saturated heterocycles. The number of morpholine rings is 1. The van der Waals surface area contributed by atoms with Crippen molar-refractivity contribution in [1.82, 2.24) is 4.98 Å². The lowest BCUT2D eigenvalue weighted by molar-refractivity contribution is -0.125. The molecule has 0 aromatic carbocycles. The zero-order chi connectivity index (χ0) is 12.5. The van der Waals surface area contributed by atoms with E-state index in [9.17, 15) is 4.79 Å². The number of pyridine rings is 1. The third kappa shape index (κ3) is 2.64. The number of hydrogen-bond acceptors (Lipinski definition) is 3. The van der Waals surface area contributed by atoms with Crippen LogP contribution >= 0.6 is 0 Å². The Morgan fingerprint density at radius 2 is 2.12 bits per heavy atom. The van der Waals surface area contributed by atoms with E-state index >= 15 is 0 Å². The molecule has 0 bridgehead atoms. The highest BCUT2D eigenvalue weighted by molar-refractivity contribution is 5.93. The van der Waals surface area contributed by atoms with Crippen molar-refractivity contribution in [3.63, 3.8) is 0 Å². The first-order chi connectivity index (χ1) is 7.98. The largest absolute Gasteiger partial charge is 0.370 e. The van der Waals surface area contributed by atoms with Gasteiger partial charge in [0, 0.05) is 11.1 Å². The minimum absolute atomic E-state index is 0.00859. The van der Waals surface area contributed by atoms with Gasteiger partial charge in [-0.2, -0.15) is 0 Å². The average Bonchev–Trinajstić information content (AvgIpc) is 2.29. The summed E-state index contributed by atoms with van der Waals surface area (Å²) in [7, 11) is 0. The molecule has 1 aromatic rings. The fourth-order valence-electron chi connectivity index (χ4n) is 1.75. The maximum absolute atomic E-state index is 11.7. The van der Waals surface area contributed by atoms with Crippen molar-refractivity contribution < 1.29 is 9.53 Å². The first kappa shape index (κ1) is 12.0. The van der Waals surface area contributed by atoms with Crippen molar-refractivity contribution in [2.45, 2.75) is 26.2 Å². The lowest BCUT2D eigenvalue weighted by atomic mass is 9.92.